The third-order valence-electron chi connectivity index (χ3n) is 4.27. The number of hydrogen-bond donors (Lipinski definition) is 2. The van der Waals surface area contributed by atoms with Crippen LogP contribution >= 0.6 is 11.8 Å². The molecule has 2 aliphatic rings. The Bertz CT molecular complexity index is 387. The Morgan fingerprint density at radius 3 is 2.75 bits per heavy atom. The van der Waals surface area contributed by atoms with Crippen molar-refractivity contribution in [2.75, 3.05) is 18.8 Å². The Hall–Kier alpha value is -0.910. The molecule has 2 fully saturated rings. The lowest BCUT2D eigenvalue weighted by Crippen LogP contribution is -2.48. The fourth-order valence-corrected chi connectivity index (χ4v) is 4.00. The maximum absolute atomic E-state index is 12.3. The number of aliphatic carboxylic acids is 1. The zero-order valence-electron chi connectivity index (χ0n) is 12.2. The van der Waals surface area contributed by atoms with Crippen molar-refractivity contribution in [3.05, 3.63) is 0 Å². The summed E-state index contributed by atoms with van der Waals surface area (Å²) in [6, 6.07) is -0.301. The lowest BCUT2D eigenvalue weighted by atomic mass is 10.0. The van der Waals surface area contributed by atoms with E-state index in [0.29, 0.717) is 6.42 Å². The maximum atomic E-state index is 12.3. The molecule has 6 heteroatoms. The second kappa shape index (κ2) is 6.24. The van der Waals surface area contributed by atoms with E-state index in [1.54, 1.807) is 0 Å². The van der Waals surface area contributed by atoms with Crippen molar-refractivity contribution in [1.29, 1.82) is 0 Å². The monoisotopic (exact) mass is 300 g/mol. The van der Waals surface area contributed by atoms with Gasteiger partial charge in [-0.25, -0.2) is 4.79 Å². The van der Waals surface area contributed by atoms with E-state index in [2.05, 4.69) is 19.2 Å². The molecule has 0 aromatic rings. The average Bonchev–Trinajstić information content (AvgIpc) is 2.73. The Kier molecular flexibility index (Phi) is 4.83. The van der Waals surface area contributed by atoms with Crippen LogP contribution < -0.4 is 5.32 Å². The van der Waals surface area contributed by atoms with E-state index in [1.807, 2.05) is 16.7 Å². The molecule has 114 valence electrons. The van der Waals surface area contributed by atoms with Crippen LogP contribution in [0, 0.1) is 5.92 Å². The SMILES string of the molecule is CC1(C)CCN(C(=O)NC2CCCC2C(=O)O)CCS1. The molecule has 2 atom stereocenters. The van der Waals surface area contributed by atoms with Crippen LogP contribution in [0.3, 0.4) is 0 Å². The Morgan fingerprint density at radius 1 is 1.30 bits per heavy atom. The van der Waals surface area contributed by atoms with Crippen LogP contribution in [0.25, 0.3) is 0 Å². The molecule has 1 aliphatic heterocycles. The summed E-state index contributed by atoms with van der Waals surface area (Å²) in [6.07, 6.45) is 3.29. The van der Waals surface area contributed by atoms with Crippen molar-refractivity contribution < 1.29 is 14.7 Å². The summed E-state index contributed by atoms with van der Waals surface area (Å²) in [5, 5.41) is 12.1. The van der Waals surface area contributed by atoms with E-state index in [4.69, 9.17) is 5.11 Å². The van der Waals surface area contributed by atoms with E-state index in [9.17, 15) is 9.59 Å². The van der Waals surface area contributed by atoms with Gasteiger partial charge < -0.3 is 15.3 Å². The first-order chi connectivity index (χ1) is 9.39. The van der Waals surface area contributed by atoms with Gasteiger partial charge in [0.15, 0.2) is 0 Å². The van der Waals surface area contributed by atoms with Crippen molar-refractivity contribution >= 4 is 23.8 Å². The van der Waals surface area contributed by atoms with Crippen LogP contribution in [0.15, 0.2) is 0 Å². The van der Waals surface area contributed by atoms with Crippen LogP contribution in [0.2, 0.25) is 0 Å². The van der Waals surface area contributed by atoms with Crippen molar-refractivity contribution in [3.8, 4) is 0 Å². The van der Waals surface area contributed by atoms with Crippen LogP contribution in [-0.2, 0) is 4.79 Å². The van der Waals surface area contributed by atoms with Crippen molar-refractivity contribution in [2.45, 2.75) is 50.3 Å². The van der Waals surface area contributed by atoms with Crippen LogP contribution in [0.5, 0.6) is 0 Å². The van der Waals surface area contributed by atoms with Gasteiger partial charge >= 0.3 is 12.0 Å². The molecule has 1 saturated carbocycles. The van der Waals surface area contributed by atoms with Gasteiger partial charge in [-0.05, 0) is 19.3 Å². The summed E-state index contributed by atoms with van der Waals surface area (Å²) in [5.74, 6) is -0.273. The molecule has 20 heavy (non-hydrogen) atoms. The van der Waals surface area contributed by atoms with Gasteiger partial charge in [-0.1, -0.05) is 20.3 Å². The van der Waals surface area contributed by atoms with Crippen LogP contribution in [-0.4, -0.2) is 51.6 Å². The lowest BCUT2D eigenvalue weighted by Gasteiger charge is -2.26. The fraction of sp³-hybridized carbons (Fsp3) is 0.857. The highest BCUT2D eigenvalue weighted by molar-refractivity contribution is 8.00. The smallest absolute Gasteiger partial charge is 0.317 e. The molecule has 1 saturated heterocycles. The largest absolute Gasteiger partial charge is 0.481 e. The molecular weight excluding hydrogens is 276 g/mol. The maximum Gasteiger partial charge on any atom is 0.317 e. The Balaban J connectivity index is 1.90. The number of carbonyl (C=O) groups excluding carboxylic acids is 1. The van der Waals surface area contributed by atoms with Crippen molar-refractivity contribution in [2.24, 2.45) is 5.92 Å². The molecule has 2 amide bonds. The Labute approximate surface area is 124 Å². The summed E-state index contributed by atoms with van der Waals surface area (Å²) < 4.78 is 0.214. The average molecular weight is 300 g/mol. The van der Waals surface area contributed by atoms with E-state index in [1.165, 1.54) is 0 Å². The number of urea groups is 1. The second-order valence-electron chi connectivity index (χ2n) is 6.28. The normalized spacial score (nSPS) is 29.8. The fourth-order valence-electron chi connectivity index (χ4n) is 2.90. The van der Waals surface area contributed by atoms with Crippen LogP contribution in [0.1, 0.15) is 39.5 Å². The van der Waals surface area contributed by atoms with Gasteiger partial charge in [-0.2, -0.15) is 11.8 Å². The summed E-state index contributed by atoms with van der Waals surface area (Å²) in [4.78, 5) is 25.3. The van der Waals surface area contributed by atoms with Gasteiger partial charge in [0.2, 0.25) is 0 Å². The summed E-state index contributed by atoms with van der Waals surface area (Å²) >= 11 is 1.89. The predicted octanol–water partition coefficient (Wildman–Crippen LogP) is 2.17. The van der Waals surface area contributed by atoms with Crippen molar-refractivity contribution in [1.82, 2.24) is 10.2 Å². The van der Waals surface area contributed by atoms with Gasteiger partial charge in [0.05, 0.1) is 5.92 Å². The van der Waals surface area contributed by atoms with Crippen molar-refractivity contribution in [3.63, 3.8) is 0 Å². The molecule has 2 N–H and O–H groups in total. The van der Waals surface area contributed by atoms with Gasteiger partial charge in [0, 0.05) is 29.6 Å². The summed E-state index contributed by atoms with van der Waals surface area (Å²) in [6.45, 7) is 5.90. The molecule has 0 aromatic carbocycles. The summed E-state index contributed by atoms with van der Waals surface area (Å²) in [7, 11) is 0. The lowest BCUT2D eigenvalue weighted by molar-refractivity contribution is -0.142. The number of hydrogen-bond acceptors (Lipinski definition) is 3. The Morgan fingerprint density at radius 2 is 2.05 bits per heavy atom. The number of amides is 2. The quantitative estimate of drug-likeness (QED) is 0.820. The number of thioether (sulfide) groups is 1. The molecule has 2 unspecified atom stereocenters. The molecule has 5 nitrogen and oxygen atoms in total. The number of carbonyl (C=O) groups is 2. The molecule has 0 spiro atoms. The number of nitrogens with one attached hydrogen (secondary N) is 1. The first-order valence-corrected chi connectivity index (χ1v) is 8.30. The molecular formula is C14H24N2O3S. The van der Waals surface area contributed by atoms with E-state index in [0.717, 1.165) is 38.1 Å². The minimum absolute atomic E-state index is 0.0959. The van der Waals surface area contributed by atoms with E-state index < -0.39 is 11.9 Å². The molecule has 0 radical (unpaired) electrons. The standard InChI is InChI=1S/C14H24N2O3S/c1-14(2)6-7-16(8-9-20-14)13(19)15-11-5-3-4-10(11)12(17)18/h10-11H,3-9H2,1-2H3,(H,15,19)(H,17,18). The second-order valence-corrected chi connectivity index (χ2v) is 8.08. The molecule has 0 bridgehead atoms. The highest BCUT2D eigenvalue weighted by atomic mass is 32.2. The van der Waals surface area contributed by atoms with Gasteiger partial charge in [0.25, 0.3) is 0 Å². The number of carboxylic acid groups (broad SMARTS) is 1. The minimum Gasteiger partial charge on any atom is -0.481 e. The summed E-state index contributed by atoms with van der Waals surface area (Å²) in [5.41, 5.74) is 0. The predicted molar refractivity (Wildman–Crippen MR) is 80.0 cm³/mol. The first kappa shape index (κ1) is 15.5. The number of carboxylic acids is 1. The zero-order valence-corrected chi connectivity index (χ0v) is 13.0. The topological polar surface area (TPSA) is 69.6 Å². The van der Waals surface area contributed by atoms with E-state index >= 15 is 0 Å². The highest BCUT2D eigenvalue weighted by Crippen LogP contribution is 2.31. The number of nitrogens with zero attached hydrogens (tertiary/aromatic N) is 1. The van der Waals surface area contributed by atoms with Gasteiger partial charge in [0.1, 0.15) is 0 Å². The van der Waals surface area contributed by atoms with Gasteiger partial charge in [-0.3, -0.25) is 4.79 Å². The molecule has 1 heterocycles. The van der Waals surface area contributed by atoms with Crippen LogP contribution in [0.4, 0.5) is 4.79 Å². The minimum atomic E-state index is -0.791. The zero-order chi connectivity index (χ0) is 14.8. The highest BCUT2D eigenvalue weighted by Gasteiger charge is 2.35. The third kappa shape index (κ3) is 3.81. The molecule has 1 aliphatic carbocycles. The van der Waals surface area contributed by atoms with E-state index in [-0.39, 0.29) is 16.8 Å². The first-order valence-electron chi connectivity index (χ1n) is 7.31. The molecule has 0 aromatic heterocycles. The third-order valence-corrected chi connectivity index (χ3v) is 5.64. The molecule has 2 rings (SSSR count). The number of rotatable bonds is 2. The van der Waals surface area contributed by atoms with Gasteiger partial charge in [-0.15, -0.1) is 0 Å².